The van der Waals surface area contributed by atoms with Crippen molar-refractivity contribution in [2.45, 2.75) is 6.92 Å². The van der Waals surface area contributed by atoms with Gasteiger partial charge in [0.2, 0.25) is 0 Å². The van der Waals surface area contributed by atoms with Crippen molar-refractivity contribution in [2.24, 2.45) is 0 Å². The molecule has 0 unspecified atom stereocenters. The molecule has 2 N–H and O–H groups in total. The molecule has 0 saturated carbocycles. The van der Waals surface area contributed by atoms with Gasteiger partial charge in [-0.25, -0.2) is 4.98 Å². The fourth-order valence-electron chi connectivity index (χ4n) is 1.16. The number of aromatic nitrogens is 4. The molecule has 0 radical (unpaired) electrons. The topological polar surface area (TPSA) is 83.6 Å². The number of rotatable bonds is 2. The van der Waals surface area contributed by atoms with Gasteiger partial charge in [0.1, 0.15) is 4.60 Å². The average molecular weight is 282 g/mol. The first kappa shape index (κ1) is 10.7. The van der Waals surface area contributed by atoms with Crippen molar-refractivity contribution in [1.82, 2.24) is 20.4 Å². The zero-order valence-electron chi connectivity index (χ0n) is 8.36. The van der Waals surface area contributed by atoms with E-state index in [1.165, 1.54) is 6.20 Å². The second kappa shape index (κ2) is 4.40. The zero-order valence-corrected chi connectivity index (χ0v) is 9.95. The summed E-state index contributed by atoms with van der Waals surface area (Å²) in [7, 11) is 0. The molecule has 2 aromatic rings. The number of carbonyl (C=O) groups excluding carboxylic acids is 1. The Hall–Kier alpha value is -1.76. The Morgan fingerprint density at radius 1 is 1.50 bits per heavy atom. The minimum absolute atomic E-state index is 0.238. The molecule has 1 amide bonds. The van der Waals surface area contributed by atoms with Crippen LogP contribution in [0, 0.1) is 6.92 Å². The first-order valence-corrected chi connectivity index (χ1v) is 5.26. The smallest absolute Gasteiger partial charge is 0.277 e. The fraction of sp³-hybridized carbons (Fsp3) is 0.111. The number of carbonyl (C=O) groups is 1. The molecule has 0 aromatic carbocycles. The number of hydrogen-bond acceptors (Lipinski definition) is 4. The summed E-state index contributed by atoms with van der Waals surface area (Å²) in [5, 5.41) is 12.3. The molecule has 82 valence electrons. The monoisotopic (exact) mass is 281 g/mol. The van der Waals surface area contributed by atoms with Crippen LogP contribution in [-0.4, -0.2) is 26.3 Å². The number of halogens is 1. The van der Waals surface area contributed by atoms with E-state index in [4.69, 9.17) is 0 Å². The highest BCUT2D eigenvalue weighted by atomic mass is 79.9. The molecule has 2 heterocycles. The van der Waals surface area contributed by atoms with Crippen molar-refractivity contribution in [2.75, 3.05) is 5.32 Å². The summed E-state index contributed by atoms with van der Waals surface area (Å²) in [5.74, 6) is -0.319. The van der Waals surface area contributed by atoms with E-state index in [0.29, 0.717) is 5.69 Å². The molecule has 2 aromatic heterocycles. The number of H-pyrrole nitrogens is 1. The van der Waals surface area contributed by atoms with E-state index in [1.807, 2.05) is 6.92 Å². The van der Waals surface area contributed by atoms with Gasteiger partial charge < -0.3 is 5.32 Å². The van der Waals surface area contributed by atoms with Crippen LogP contribution in [0.25, 0.3) is 0 Å². The molecule has 0 fully saturated rings. The summed E-state index contributed by atoms with van der Waals surface area (Å²) in [6, 6.07) is 3.52. The molecule has 0 aliphatic rings. The standard InChI is InChI=1S/C9H8BrN5O/c1-5-6(2-3-8(10)12-5)13-9(16)7-4-11-15-14-7/h2-4H,1H3,(H,13,16)(H,11,14,15). The third-order valence-corrected chi connectivity index (χ3v) is 2.39. The Balaban J connectivity index is 2.18. The first-order chi connectivity index (χ1) is 7.66. The summed E-state index contributed by atoms with van der Waals surface area (Å²) in [5.41, 5.74) is 1.62. The molecule has 16 heavy (non-hydrogen) atoms. The number of amides is 1. The minimum Gasteiger partial charge on any atom is -0.319 e. The number of nitrogens with one attached hydrogen (secondary N) is 2. The third-order valence-electron chi connectivity index (χ3n) is 1.95. The Kier molecular flexibility index (Phi) is 2.95. The lowest BCUT2D eigenvalue weighted by Crippen LogP contribution is -2.13. The predicted octanol–water partition coefficient (Wildman–Crippen LogP) is 1.52. The van der Waals surface area contributed by atoms with Crippen LogP contribution < -0.4 is 5.32 Å². The van der Waals surface area contributed by atoms with Crippen molar-refractivity contribution < 1.29 is 4.79 Å². The van der Waals surface area contributed by atoms with Crippen LogP contribution >= 0.6 is 15.9 Å². The van der Waals surface area contributed by atoms with E-state index in [9.17, 15) is 4.79 Å². The van der Waals surface area contributed by atoms with Gasteiger partial charge in [0.25, 0.3) is 5.91 Å². The van der Waals surface area contributed by atoms with E-state index in [-0.39, 0.29) is 11.6 Å². The highest BCUT2D eigenvalue weighted by molar-refractivity contribution is 9.10. The summed E-state index contributed by atoms with van der Waals surface area (Å²) < 4.78 is 0.726. The number of pyridine rings is 1. The normalized spacial score (nSPS) is 10.1. The molecule has 0 bridgehead atoms. The second-order valence-electron chi connectivity index (χ2n) is 3.08. The molecular formula is C9H8BrN5O. The van der Waals surface area contributed by atoms with Crippen molar-refractivity contribution in [3.05, 3.63) is 34.3 Å². The Labute approximate surface area is 99.6 Å². The van der Waals surface area contributed by atoms with Crippen LogP contribution in [0.4, 0.5) is 5.69 Å². The summed E-state index contributed by atoms with van der Waals surface area (Å²) in [4.78, 5) is 15.8. The largest absolute Gasteiger partial charge is 0.319 e. The molecule has 2 rings (SSSR count). The summed E-state index contributed by atoms with van der Waals surface area (Å²) >= 11 is 3.25. The number of nitrogens with zero attached hydrogens (tertiary/aromatic N) is 3. The maximum atomic E-state index is 11.6. The van der Waals surface area contributed by atoms with Crippen LogP contribution in [0.5, 0.6) is 0 Å². The number of hydrogen-bond donors (Lipinski definition) is 2. The molecule has 0 atom stereocenters. The van der Waals surface area contributed by atoms with Gasteiger partial charge in [0, 0.05) is 0 Å². The number of aryl methyl sites for hydroxylation is 1. The fourth-order valence-corrected chi connectivity index (χ4v) is 1.56. The zero-order chi connectivity index (χ0) is 11.5. The van der Waals surface area contributed by atoms with Crippen LogP contribution in [0.3, 0.4) is 0 Å². The lowest BCUT2D eigenvalue weighted by atomic mass is 10.3. The lowest BCUT2D eigenvalue weighted by Gasteiger charge is -2.05. The quantitative estimate of drug-likeness (QED) is 0.818. The molecule has 0 aliphatic heterocycles. The van der Waals surface area contributed by atoms with E-state index in [1.54, 1.807) is 12.1 Å². The van der Waals surface area contributed by atoms with Gasteiger partial charge in [-0.15, -0.1) is 0 Å². The van der Waals surface area contributed by atoms with Crippen LogP contribution in [-0.2, 0) is 0 Å². The minimum atomic E-state index is -0.319. The highest BCUT2D eigenvalue weighted by Gasteiger charge is 2.10. The van der Waals surface area contributed by atoms with Gasteiger partial charge >= 0.3 is 0 Å². The van der Waals surface area contributed by atoms with Gasteiger partial charge in [-0.2, -0.15) is 15.4 Å². The van der Waals surface area contributed by atoms with Gasteiger partial charge in [0.15, 0.2) is 5.69 Å². The van der Waals surface area contributed by atoms with Crippen molar-refractivity contribution in [1.29, 1.82) is 0 Å². The second-order valence-corrected chi connectivity index (χ2v) is 3.89. The van der Waals surface area contributed by atoms with E-state index in [0.717, 1.165) is 10.3 Å². The maximum Gasteiger partial charge on any atom is 0.277 e. The van der Waals surface area contributed by atoms with Crippen LogP contribution in [0.2, 0.25) is 0 Å². The number of anilines is 1. The Bertz CT molecular complexity index is 511. The van der Waals surface area contributed by atoms with Crippen molar-refractivity contribution >= 4 is 27.5 Å². The molecule has 0 spiro atoms. The van der Waals surface area contributed by atoms with E-state index in [2.05, 4.69) is 41.6 Å². The molecular weight excluding hydrogens is 274 g/mol. The molecule has 0 aliphatic carbocycles. The third kappa shape index (κ3) is 2.25. The maximum absolute atomic E-state index is 11.6. The SMILES string of the molecule is Cc1nc(Br)ccc1NC(=O)c1cn[nH]n1. The molecule has 6 nitrogen and oxygen atoms in total. The van der Waals surface area contributed by atoms with Gasteiger partial charge in [0.05, 0.1) is 17.6 Å². The summed E-state index contributed by atoms with van der Waals surface area (Å²) in [6.07, 6.45) is 1.36. The molecule has 7 heteroatoms. The number of aromatic amines is 1. The van der Waals surface area contributed by atoms with Gasteiger partial charge in [-0.05, 0) is 35.0 Å². The van der Waals surface area contributed by atoms with E-state index < -0.39 is 0 Å². The van der Waals surface area contributed by atoms with Gasteiger partial charge in [-0.3, -0.25) is 4.79 Å². The van der Waals surface area contributed by atoms with Crippen LogP contribution in [0.15, 0.2) is 22.9 Å². The Morgan fingerprint density at radius 3 is 2.94 bits per heavy atom. The van der Waals surface area contributed by atoms with Crippen molar-refractivity contribution in [3.63, 3.8) is 0 Å². The lowest BCUT2D eigenvalue weighted by molar-refractivity contribution is 0.102. The highest BCUT2D eigenvalue weighted by Crippen LogP contribution is 2.16. The first-order valence-electron chi connectivity index (χ1n) is 4.47. The van der Waals surface area contributed by atoms with Crippen LogP contribution in [0.1, 0.15) is 16.2 Å². The summed E-state index contributed by atoms with van der Waals surface area (Å²) in [6.45, 7) is 1.81. The molecule has 0 saturated heterocycles. The van der Waals surface area contributed by atoms with E-state index >= 15 is 0 Å². The van der Waals surface area contributed by atoms with Crippen molar-refractivity contribution in [3.8, 4) is 0 Å². The predicted molar refractivity (Wildman–Crippen MR) is 61.0 cm³/mol. The average Bonchev–Trinajstić information content (AvgIpc) is 2.75. The Morgan fingerprint density at radius 2 is 2.31 bits per heavy atom. The van der Waals surface area contributed by atoms with Gasteiger partial charge in [-0.1, -0.05) is 0 Å².